The normalized spacial score (nSPS) is 24.8. The second-order valence-corrected chi connectivity index (χ2v) is 4.31. The summed E-state index contributed by atoms with van der Waals surface area (Å²) < 4.78 is 18.9. The molecule has 0 N–H and O–H groups in total. The van der Waals surface area contributed by atoms with Crippen molar-refractivity contribution in [3.63, 3.8) is 0 Å². The number of ether oxygens (including phenoxy) is 1. The molecule has 17 heavy (non-hydrogen) atoms. The van der Waals surface area contributed by atoms with Crippen molar-refractivity contribution in [3.05, 3.63) is 29.8 Å². The molecule has 0 radical (unpaired) electrons. The van der Waals surface area contributed by atoms with E-state index >= 15 is 0 Å². The van der Waals surface area contributed by atoms with Gasteiger partial charge < -0.3 is 9.64 Å². The molecule has 4 nitrogen and oxygen atoms in total. The molecule has 1 fully saturated rings. The summed E-state index contributed by atoms with van der Waals surface area (Å²) in [7, 11) is 0. The largest absolute Gasteiger partial charge is 0.372 e. The van der Waals surface area contributed by atoms with E-state index in [2.05, 4.69) is 4.98 Å². The van der Waals surface area contributed by atoms with E-state index < -0.39 is 5.95 Å². The lowest BCUT2D eigenvalue weighted by molar-refractivity contribution is -0.0587. The van der Waals surface area contributed by atoms with Crippen LogP contribution in [-0.4, -0.2) is 41.1 Å². The van der Waals surface area contributed by atoms with Crippen molar-refractivity contribution < 1.29 is 13.9 Å². The van der Waals surface area contributed by atoms with E-state index in [0.29, 0.717) is 13.1 Å². The molecule has 1 aromatic heterocycles. The zero-order chi connectivity index (χ0) is 12.4. The maximum atomic E-state index is 13.4. The van der Waals surface area contributed by atoms with Crippen molar-refractivity contribution >= 4 is 5.91 Å². The van der Waals surface area contributed by atoms with E-state index in [1.165, 1.54) is 12.3 Å². The molecule has 0 saturated carbocycles. The van der Waals surface area contributed by atoms with Crippen molar-refractivity contribution in [3.8, 4) is 0 Å². The lowest BCUT2D eigenvalue weighted by atomic mass is 10.2. The predicted molar refractivity (Wildman–Crippen MR) is 60.1 cm³/mol. The summed E-state index contributed by atoms with van der Waals surface area (Å²) in [6.45, 7) is 4.76. The molecule has 1 amide bonds. The van der Waals surface area contributed by atoms with E-state index in [1.54, 1.807) is 11.0 Å². The summed E-state index contributed by atoms with van der Waals surface area (Å²) in [5.41, 5.74) is 0.0220. The summed E-state index contributed by atoms with van der Waals surface area (Å²) in [4.78, 5) is 17.2. The number of hydrogen-bond donors (Lipinski definition) is 0. The minimum absolute atomic E-state index is 0.0220. The molecule has 2 heterocycles. The molecule has 0 aliphatic carbocycles. The van der Waals surface area contributed by atoms with Gasteiger partial charge in [0.1, 0.15) is 0 Å². The molecule has 0 aromatic carbocycles. The Morgan fingerprint density at radius 2 is 2.12 bits per heavy atom. The molecule has 2 atom stereocenters. The fraction of sp³-hybridized carbons (Fsp3) is 0.500. The number of nitrogens with zero attached hydrogens (tertiary/aromatic N) is 2. The van der Waals surface area contributed by atoms with Crippen LogP contribution in [0.2, 0.25) is 0 Å². The fourth-order valence-electron chi connectivity index (χ4n) is 2.06. The number of morpholine rings is 1. The van der Waals surface area contributed by atoms with Crippen LogP contribution in [0.4, 0.5) is 4.39 Å². The molecule has 0 spiro atoms. The van der Waals surface area contributed by atoms with Gasteiger partial charge in [0.2, 0.25) is 5.95 Å². The van der Waals surface area contributed by atoms with Gasteiger partial charge in [-0.05, 0) is 26.0 Å². The van der Waals surface area contributed by atoms with Crippen LogP contribution in [0.15, 0.2) is 18.3 Å². The highest BCUT2D eigenvalue weighted by Crippen LogP contribution is 2.15. The van der Waals surface area contributed by atoms with Crippen molar-refractivity contribution in [2.45, 2.75) is 26.1 Å². The van der Waals surface area contributed by atoms with Gasteiger partial charge in [0.25, 0.3) is 5.91 Å². The van der Waals surface area contributed by atoms with Gasteiger partial charge >= 0.3 is 0 Å². The Kier molecular flexibility index (Phi) is 3.38. The number of carbonyl (C=O) groups excluding carboxylic acids is 1. The van der Waals surface area contributed by atoms with Gasteiger partial charge in [0.15, 0.2) is 0 Å². The first-order valence-corrected chi connectivity index (χ1v) is 5.63. The highest BCUT2D eigenvalue weighted by atomic mass is 19.1. The van der Waals surface area contributed by atoms with Crippen LogP contribution < -0.4 is 0 Å². The Morgan fingerprint density at radius 3 is 2.71 bits per heavy atom. The van der Waals surface area contributed by atoms with Crippen molar-refractivity contribution in [2.24, 2.45) is 0 Å². The Bertz CT molecular complexity index is 415. The lowest BCUT2D eigenvalue weighted by Gasteiger charge is -2.35. The first-order chi connectivity index (χ1) is 8.08. The number of hydrogen-bond acceptors (Lipinski definition) is 3. The van der Waals surface area contributed by atoms with Gasteiger partial charge in [-0.1, -0.05) is 0 Å². The second-order valence-electron chi connectivity index (χ2n) is 4.31. The number of amides is 1. The zero-order valence-corrected chi connectivity index (χ0v) is 9.89. The SMILES string of the molecule is C[C@@H]1CN(C(=O)c2cccnc2F)C[C@H](C)O1. The van der Waals surface area contributed by atoms with E-state index in [9.17, 15) is 9.18 Å². The Balaban J connectivity index is 2.17. The summed E-state index contributed by atoms with van der Waals surface area (Å²) in [5, 5.41) is 0. The molecular formula is C12H15FN2O2. The number of carbonyl (C=O) groups is 1. The van der Waals surface area contributed by atoms with E-state index in [1.807, 2.05) is 13.8 Å². The Labute approximate surface area is 99.4 Å². The van der Waals surface area contributed by atoms with Gasteiger partial charge in [0, 0.05) is 19.3 Å². The van der Waals surface area contributed by atoms with E-state index in [0.717, 1.165) is 0 Å². The minimum atomic E-state index is -0.718. The standard InChI is InChI=1S/C12H15FN2O2/c1-8-6-15(7-9(2)17-8)12(16)10-4-3-5-14-11(10)13/h3-5,8-9H,6-7H2,1-2H3/t8-,9+. The van der Waals surface area contributed by atoms with Crippen LogP contribution in [0.5, 0.6) is 0 Å². The molecule has 0 bridgehead atoms. The Hall–Kier alpha value is -1.49. The van der Waals surface area contributed by atoms with Crippen LogP contribution in [0.25, 0.3) is 0 Å². The van der Waals surface area contributed by atoms with Crippen molar-refractivity contribution in [2.75, 3.05) is 13.1 Å². The molecule has 2 rings (SSSR count). The van der Waals surface area contributed by atoms with Gasteiger partial charge in [-0.25, -0.2) is 4.98 Å². The molecule has 1 aliphatic rings. The number of aromatic nitrogens is 1. The van der Waals surface area contributed by atoms with Crippen LogP contribution in [0.1, 0.15) is 24.2 Å². The molecule has 1 aromatic rings. The number of pyridine rings is 1. The highest BCUT2D eigenvalue weighted by Gasteiger charge is 2.28. The Morgan fingerprint density at radius 1 is 1.47 bits per heavy atom. The number of halogens is 1. The molecule has 5 heteroatoms. The third-order valence-electron chi connectivity index (χ3n) is 2.70. The molecule has 1 aliphatic heterocycles. The average molecular weight is 238 g/mol. The molecule has 0 unspecified atom stereocenters. The third kappa shape index (κ3) is 2.61. The first kappa shape index (κ1) is 12.0. The topological polar surface area (TPSA) is 42.4 Å². The van der Waals surface area contributed by atoms with Crippen LogP contribution >= 0.6 is 0 Å². The summed E-state index contributed by atoms with van der Waals surface area (Å²) in [6, 6.07) is 3.01. The van der Waals surface area contributed by atoms with Gasteiger partial charge in [0.05, 0.1) is 17.8 Å². The first-order valence-electron chi connectivity index (χ1n) is 5.63. The maximum absolute atomic E-state index is 13.4. The fourth-order valence-corrected chi connectivity index (χ4v) is 2.06. The predicted octanol–water partition coefficient (Wildman–Crippen LogP) is 1.47. The van der Waals surface area contributed by atoms with E-state index in [4.69, 9.17) is 4.74 Å². The zero-order valence-electron chi connectivity index (χ0n) is 9.89. The maximum Gasteiger partial charge on any atom is 0.258 e. The quantitative estimate of drug-likeness (QED) is 0.696. The summed E-state index contributed by atoms with van der Waals surface area (Å²) in [5.74, 6) is -1.04. The molecule has 1 saturated heterocycles. The summed E-state index contributed by atoms with van der Waals surface area (Å²) in [6.07, 6.45) is 1.28. The second kappa shape index (κ2) is 4.79. The van der Waals surface area contributed by atoms with Crippen molar-refractivity contribution in [1.29, 1.82) is 0 Å². The highest BCUT2D eigenvalue weighted by molar-refractivity contribution is 5.94. The molecular weight excluding hydrogens is 223 g/mol. The van der Waals surface area contributed by atoms with Crippen molar-refractivity contribution in [1.82, 2.24) is 9.88 Å². The number of rotatable bonds is 1. The van der Waals surface area contributed by atoms with E-state index in [-0.39, 0.29) is 23.7 Å². The smallest absolute Gasteiger partial charge is 0.258 e. The van der Waals surface area contributed by atoms with Gasteiger partial charge in [-0.3, -0.25) is 4.79 Å². The van der Waals surface area contributed by atoms with Crippen LogP contribution in [-0.2, 0) is 4.74 Å². The molecule has 92 valence electrons. The minimum Gasteiger partial charge on any atom is -0.372 e. The third-order valence-corrected chi connectivity index (χ3v) is 2.70. The van der Waals surface area contributed by atoms with Crippen LogP contribution in [0.3, 0.4) is 0 Å². The monoisotopic (exact) mass is 238 g/mol. The lowest BCUT2D eigenvalue weighted by Crippen LogP contribution is -2.48. The summed E-state index contributed by atoms with van der Waals surface area (Å²) >= 11 is 0. The van der Waals surface area contributed by atoms with Gasteiger partial charge in [-0.15, -0.1) is 0 Å². The average Bonchev–Trinajstić information content (AvgIpc) is 2.27. The van der Waals surface area contributed by atoms with Gasteiger partial charge in [-0.2, -0.15) is 4.39 Å². The van der Waals surface area contributed by atoms with Crippen LogP contribution in [0, 0.1) is 5.95 Å².